The van der Waals surface area contributed by atoms with Crippen molar-refractivity contribution >= 4 is 19.7 Å². The highest BCUT2D eigenvalue weighted by molar-refractivity contribution is 8.10. The van der Waals surface area contributed by atoms with Gasteiger partial charge in [-0.05, 0) is 12.3 Å². The second-order valence-corrected chi connectivity index (χ2v) is 9.88. The summed E-state index contributed by atoms with van der Waals surface area (Å²) in [4.78, 5) is 0. The van der Waals surface area contributed by atoms with Gasteiger partial charge in [-0.15, -0.1) is 0 Å². The average Bonchev–Trinajstić information content (AvgIpc) is 2.45. The van der Waals surface area contributed by atoms with E-state index in [2.05, 4.69) is 0 Å². The zero-order chi connectivity index (χ0) is 22.3. The first-order valence-electron chi connectivity index (χ1n) is 6.59. The Bertz CT molecular complexity index is 662. The van der Waals surface area contributed by atoms with Crippen LogP contribution < -0.4 is 0 Å². The number of alkyl halides is 10. The van der Waals surface area contributed by atoms with Gasteiger partial charge in [-0.1, -0.05) is 13.3 Å². The zero-order valence-electron chi connectivity index (χ0n) is 13.0. The summed E-state index contributed by atoms with van der Waals surface area (Å²) in [6, 6.07) is 0. The van der Waals surface area contributed by atoms with Crippen LogP contribution in [0.5, 0.6) is 0 Å². The molecule has 1 atom stereocenters. The first kappa shape index (κ1) is 26.2. The lowest BCUT2D eigenvalue weighted by Crippen LogP contribution is -2.56. The lowest BCUT2D eigenvalue weighted by atomic mass is 10.1. The summed E-state index contributed by atoms with van der Waals surface area (Å²) < 4.78 is 169. The Labute approximate surface area is 146 Å². The molecule has 0 aliphatic carbocycles. The topological polar surface area (TPSA) is 88.5 Å². The SMILES string of the molecule is CCC(CO)CC(S(=O)(=O)C(F)(F)C(F)(F)F)S(=O)(=O)C(F)(F)C(F)(F)F. The van der Waals surface area contributed by atoms with Gasteiger partial charge in [0, 0.05) is 6.61 Å². The summed E-state index contributed by atoms with van der Waals surface area (Å²) >= 11 is 0. The van der Waals surface area contributed by atoms with Gasteiger partial charge in [0.1, 0.15) is 0 Å². The highest BCUT2D eigenvalue weighted by Gasteiger charge is 2.76. The van der Waals surface area contributed by atoms with E-state index in [1.165, 1.54) is 0 Å². The molecule has 0 aromatic rings. The van der Waals surface area contributed by atoms with Crippen LogP contribution in [-0.4, -0.2) is 56.0 Å². The van der Waals surface area contributed by atoms with Gasteiger partial charge < -0.3 is 5.11 Å². The van der Waals surface area contributed by atoms with E-state index in [4.69, 9.17) is 5.11 Å². The standard InChI is InChI=1S/C10H12F10O5S2/c1-2-5(4-21)3-6(26(22,23)9(17,18)7(11,12)13)27(24,25)10(19,20)8(14,15)16/h5-6,21H,2-4H2,1H3. The largest absolute Gasteiger partial charge is 0.469 e. The Morgan fingerprint density at radius 3 is 1.22 bits per heavy atom. The third-order valence-electron chi connectivity index (χ3n) is 3.43. The van der Waals surface area contributed by atoms with Crippen molar-refractivity contribution in [2.24, 2.45) is 5.92 Å². The van der Waals surface area contributed by atoms with Gasteiger partial charge in [-0.2, -0.15) is 43.9 Å². The van der Waals surface area contributed by atoms with E-state index >= 15 is 0 Å². The number of halogens is 10. The molecule has 0 aliphatic heterocycles. The van der Waals surface area contributed by atoms with Crippen LogP contribution in [0.1, 0.15) is 19.8 Å². The van der Waals surface area contributed by atoms with E-state index in [1.807, 2.05) is 0 Å². The summed E-state index contributed by atoms with van der Waals surface area (Å²) in [5.74, 6) is -1.78. The van der Waals surface area contributed by atoms with Gasteiger partial charge >= 0.3 is 22.9 Å². The molecule has 0 saturated carbocycles. The molecule has 0 aromatic carbocycles. The summed E-state index contributed by atoms with van der Waals surface area (Å²) in [5, 5.41) is -5.08. The highest BCUT2D eigenvalue weighted by atomic mass is 32.3. The maximum atomic E-state index is 13.3. The third kappa shape index (κ3) is 4.44. The fourth-order valence-corrected chi connectivity index (χ4v) is 6.13. The molecule has 1 unspecified atom stereocenters. The van der Waals surface area contributed by atoms with Crippen LogP contribution in [-0.2, 0) is 19.7 Å². The van der Waals surface area contributed by atoms with E-state index in [0.717, 1.165) is 6.92 Å². The molecule has 0 aliphatic rings. The number of hydrogen-bond donors (Lipinski definition) is 1. The molecule has 0 fully saturated rings. The zero-order valence-corrected chi connectivity index (χ0v) is 14.6. The van der Waals surface area contributed by atoms with Crippen LogP contribution in [0.3, 0.4) is 0 Å². The Balaban J connectivity index is 6.81. The molecule has 164 valence electrons. The molecule has 0 bridgehead atoms. The first-order valence-corrected chi connectivity index (χ1v) is 9.69. The third-order valence-corrected chi connectivity index (χ3v) is 8.61. The van der Waals surface area contributed by atoms with Crippen molar-refractivity contribution in [1.29, 1.82) is 0 Å². The molecule has 0 saturated heterocycles. The first-order chi connectivity index (χ1) is 11.6. The Morgan fingerprint density at radius 1 is 0.741 bits per heavy atom. The van der Waals surface area contributed by atoms with E-state index in [0.29, 0.717) is 0 Å². The van der Waals surface area contributed by atoms with Gasteiger partial charge in [-0.25, -0.2) is 16.8 Å². The Kier molecular flexibility index (Phi) is 7.30. The van der Waals surface area contributed by atoms with Crippen molar-refractivity contribution in [3.05, 3.63) is 0 Å². The predicted octanol–water partition coefficient (Wildman–Crippen LogP) is 2.86. The second-order valence-electron chi connectivity index (χ2n) is 5.24. The van der Waals surface area contributed by atoms with Gasteiger partial charge in [0.05, 0.1) is 0 Å². The van der Waals surface area contributed by atoms with Crippen molar-refractivity contribution in [3.8, 4) is 0 Å². The van der Waals surface area contributed by atoms with E-state index < -0.39 is 72.5 Å². The second kappa shape index (κ2) is 7.53. The van der Waals surface area contributed by atoms with Crippen molar-refractivity contribution < 1.29 is 65.8 Å². The van der Waals surface area contributed by atoms with Crippen LogP contribution in [0.4, 0.5) is 43.9 Å². The average molecular weight is 466 g/mol. The van der Waals surface area contributed by atoms with Crippen LogP contribution in [0.25, 0.3) is 0 Å². The molecule has 27 heavy (non-hydrogen) atoms. The van der Waals surface area contributed by atoms with E-state index in [9.17, 15) is 60.7 Å². The van der Waals surface area contributed by atoms with E-state index in [1.54, 1.807) is 0 Å². The predicted molar refractivity (Wildman–Crippen MR) is 69.1 cm³/mol. The minimum Gasteiger partial charge on any atom is -0.396 e. The normalized spacial score (nSPS) is 16.6. The van der Waals surface area contributed by atoms with Crippen LogP contribution >= 0.6 is 0 Å². The minimum atomic E-state index is -7.51. The summed E-state index contributed by atoms with van der Waals surface area (Å²) in [7, 11) is -15.0. The number of hydrogen-bond acceptors (Lipinski definition) is 5. The maximum absolute atomic E-state index is 13.3. The molecular formula is C10H12F10O5S2. The monoisotopic (exact) mass is 466 g/mol. The van der Waals surface area contributed by atoms with E-state index in [-0.39, 0.29) is 0 Å². The summed E-state index contributed by atoms with van der Waals surface area (Å²) in [6.45, 7) is -0.270. The van der Waals surface area contributed by atoms with Gasteiger partial charge in [0.2, 0.25) is 19.7 Å². The highest BCUT2D eigenvalue weighted by Crippen LogP contribution is 2.49. The smallest absolute Gasteiger partial charge is 0.396 e. The maximum Gasteiger partial charge on any atom is 0.469 e. The molecule has 0 spiro atoms. The lowest BCUT2D eigenvalue weighted by Gasteiger charge is -2.30. The Hall–Kier alpha value is -0.840. The molecular weight excluding hydrogens is 454 g/mol. The van der Waals surface area contributed by atoms with Crippen molar-refractivity contribution in [2.45, 2.75) is 47.2 Å². The van der Waals surface area contributed by atoms with Gasteiger partial charge in [0.15, 0.2) is 4.58 Å². The fraction of sp³-hybridized carbons (Fsp3) is 1.00. The molecule has 5 nitrogen and oxygen atoms in total. The van der Waals surface area contributed by atoms with Gasteiger partial charge in [-0.3, -0.25) is 0 Å². The van der Waals surface area contributed by atoms with Crippen molar-refractivity contribution in [2.75, 3.05) is 6.61 Å². The molecule has 0 rings (SSSR count). The van der Waals surface area contributed by atoms with Crippen molar-refractivity contribution in [1.82, 2.24) is 0 Å². The molecule has 0 heterocycles. The molecule has 0 amide bonds. The van der Waals surface area contributed by atoms with Crippen LogP contribution in [0.15, 0.2) is 0 Å². The van der Waals surface area contributed by atoms with Crippen LogP contribution in [0, 0.1) is 5.92 Å². The lowest BCUT2D eigenvalue weighted by molar-refractivity contribution is -0.242. The van der Waals surface area contributed by atoms with Crippen LogP contribution in [0.2, 0.25) is 0 Å². The molecule has 0 aromatic heterocycles. The van der Waals surface area contributed by atoms with Gasteiger partial charge in [0.25, 0.3) is 0 Å². The fourth-order valence-electron chi connectivity index (χ4n) is 1.72. The Morgan fingerprint density at radius 2 is 1.04 bits per heavy atom. The minimum absolute atomic E-state index is 0.535. The number of rotatable bonds is 8. The number of aliphatic hydroxyl groups is 1. The van der Waals surface area contributed by atoms with Crippen molar-refractivity contribution in [3.63, 3.8) is 0 Å². The number of sulfone groups is 2. The number of aliphatic hydroxyl groups excluding tert-OH is 1. The molecule has 0 radical (unpaired) electrons. The summed E-state index contributed by atoms with van der Waals surface area (Å²) in [6.07, 6.45) is -16.6. The molecule has 17 heteroatoms. The molecule has 1 N–H and O–H groups in total. The summed E-state index contributed by atoms with van der Waals surface area (Å²) in [5.41, 5.74) is 0. The quantitative estimate of drug-likeness (QED) is 0.556.